The zero-order valence-corrected chi connectivity index (χ0v) is 15.7. The first-order valence-corrected chi connectivity index (χ1v) is 9.18. The largest absolute Gasteiger partial charge is 0.493 e. The van der Waals surface area contributed by atoms with Crippen molar-refractivity contribution in [2.75, 3.05) is 11.9 Å². The average molecular weight is 404 g/mol. The number of para-hydroxylation sites is 1. The smallest absolute Gasteiger partial charge is 0.288 e. The molecule has 0 saturated heterocycles. The molecule has 0 fully saturated rings. The fourth-order valence-corrected chi connectivity index (χ4v) is 3.27. The van der Waals surface area contributed by atoms with Crippen molar-refractivity contribution in [2.24, 2.45) is 0 Å². The highest BCUT2D eigenvalue weighted by molar-refractivity contribution is 7.14. The first-order chi connectivity index (χ1) is 13.0. The van der Waals surface area contributed by atoms with Crippen LogP contribution in [0.5, 0.6) is 5.75 Å². The normalized spacial score (nSPS) is 10.4. The Labute approximate surface area is 163 Å². The lowest BCUT2D eigenvalue weighted by molar-refractivity contribution is -0.384. The number of ether oxygens (including phenoxy) is 1. The monoisotopic (exact) mass is 403 g/mol. The molecule has 3 rings (SSSR count). The van der Waals surface area contributed by atoms with Gasteiger partial charge in [0.15, 0.2) is 5.13 Å². The maximum absolute atomic E-state index is 12.4. The van der Waals surface area contributed by atoms with Gasteiger partial charge in [-0.3, -0.25) is 20.2 Å². The summed E-state index contributed by atoms with van der Waals surface area (Å²) in [5.74, 6) is 0.199. The number of nitro benzene ring substituents is 1. The van der Waals surface area contributed by atoms with Crippen LogP contribution in [0.25, 0.3) is 11.3 Å². The minimum Gasteiger partial charge on any atom is -0.493 e. The Bertz CT molecular complexity index is 1010. The van der Waals surface area contributed by atoms with Crippen LogP contribution in [0.3, 0.4) is 0 Å². The Morgan fingerprint density at radius 2 is 2.11 bits per heavy atom. The van der Waals surface area contributed by atoms with Crippen LogP contribution in [0.2, 0.25) is 5.02 Å². The van der Waals surface area contributed by atoms with Crippen LogP contribution in [-0.2, 0) is 0 Å². The van der Waals surface area contributed by atoms with E-state index in [0.29, 0.717) is 23.2 Å². The molecule has 0 bridgehead atoms. The van der Waals surface area contributed by atoms with Crippen LogP contribution in [0.1, 0.15) is 17.3 Å². The third-order valence-corrected chi connectivity index (χ3v) is 4.67. The molecule has 0 radical (unpaired) electrons. The van der Waals surface area contributed by atoms with Crippen LogP contribution in [-0.4, -0.2) is 22.4 Å². The average Bonchev–Trinajstić information content (AvgIpc) is 3.10. The Morgan fingerprint density at radius 3 is 2.85 bits per heavy atom. The molecular weight excluding hydrogens is 390 g/mol. The number of anilines is 1. The van der Waals surface area contributed by atoms with Crippen molar-refractivity contribution < 1.29 is 14.5 Å². The summed E-state index contributed by atoms with van der Waals surface area (Å²) in [6.45, 7) is 2.43. The molecule has 0 spiro atoms. The zero-order valence-electron chi connectivity index (χ0n) is 14.1. The molecule has 27 heavy (non-hydrogen) atoms. The number of nitrogens with one attached hydrogen (secondary N) is 1. The van der Waals surface area contributed by atoms with Gasteiger partial charge in [-0.15, -0.1) is 11.3 Å². The first kappa shape index (κ1) is 18.8. The van der Waals surface area contributed by atoms with Crippen molar-refractivity contribution in [3.8, 4) is 17.0 Å². The minimum atomic E-state index is -0.634. The third-order valence-electron chi connectivity index (χ3n) is 3.59. The predicted molar refractivity (Wildman–Crippen MR) is 105 cm³/mol. The van der Waals surface area contributed by atoms with Crippen LogP contribution >= 0.6 is 22.9 Å². The van der Waals surface area contributed by atoms with E-state index in [-0.39, 0.29) is 16.3 Å². The second-order valence-electron chi connectivity index (χ2n) is 5.34. The number of halogens is 1. The quantitative estimate of drug-likeness (QED) is 0.460. The highest BCUT2D eigenvalue weighted by Crippen LogP contribution is 2.32. The van der Waals surface area contributed by atoms with E-state index in [2.05, 4.69) is 10.3 Å². The Balaban J connectivity index is 1.81. The molecule has 1 N–H and O–H groups in total. The number of hydrogen-bond acceptors (Lipinski definition) is 6. The molecular formula is C18H14ClN3O4S. The lowest BCUT2D eigenvalue weighted by atomic mass is 10.1. The first-order valence-electron chi connectivity index (χ1n) is 7.92. The Morgan fingerprint density at radius 1 is 1.33 bits per heavy atom. The van der Waals surface area contributed by atoms with E-state index in [0.717, 1.165) is 11.6 Å². The van der Waals surface area contributed by atoms with E-state index >= 15 is 0 Å². The second kappa shape index (κ2) is 8.15. The summed E-state index contributed by atoms with van der Waals surface area (Å²) in [5.41, 5.74) is 1.28. The molecule has 0 aliphatic rings. The minimum absolute atomic E-state index is 0.0272. The molecule has 1 aromatic heterocycles. The van der Waals surface area contributed by atoms with Gasteiger partial charge in [-0.2, -0.15) is 0 Å². The van der Waals surface area contributed by atoms with E-state index < -0.39 is 10.8 Å². The summed E-state index contributed by atoms with van der Waals surface area (Å²) in [5, 5.41) is 15.8. The van der Waals surface area contributed by atoms with Gasteiger partial charge in [0.2, 0.25) is 0 Å². The van der Waals surface area contributed by atoms with E-state index in [1.165, 1.54) is 23.5 Å². The number of hydrogen-bond donors (Lipinski definition) is 1. The summed E-state index contributed by atoms with van der Waals surface area (Å²) < 4.78 is 5.60. The highest BCUT2D eigenvalue weighted by Gasteiger charge is 2.17. The molecule has 0 saturated carbocycles. The molecule has 3 aromatic rings. The standard InChI is InChI=1S/C18H14ClN3O4S/c1-2-26-16-6-4-3-5-12(16)14-10-27-18(20-14)21-17(23)11-7-8-13(19)15(9-11)22(24)25/h3-10H,2H2,1H3,(H,20,21,23). The molecule has 0 aliphatic heterocycles. The molecule has 9 heteroatoms. The fraction of sp³-hybridized carbons (Fsp3) is 0.111. The van der Waals surface area contributed by atoms with Crippen molar-refractivity contribution in [1.29, 1.82) is 0 Å². The summed E-state index contributed by atoms with van der Waals surface area (Å²) in [4.78, 5) is 27.1. The maximum atomic E-state index is 12.4. The van der Waals surface area contributed by atoms with Gasteiger partial charge in [0.1, 0.15) is 10.8 Å². The van der Waals surface area contributed by atoms with Crippen molar-refractivity contribution >= 4 is 39.7 Å². The third kappa shape index (κ3) is 4.24. The van der Waals surface area contributed by atoms with E-state index in [4.69, 9.17) is 16.3 Å². The molecule has 1 amide bonds. The van der Waals surface area contributed by atoms with Crippen molar-refractivity contribution in [2.45, 2.75) is 6.92 Å². The van der Waals surface area contributed by atoms with Gasteiger partial charge in [0.05, 0.1) is 17.2 Å². The summed E-state index contributed by atoms with van der Waals surface area (Å²) in [6, 6.07) is 11.4. The molecule has 0 unspecified atom stereocenters. The van der Waals surface area contributed by atoms with Gasteiger partial charge in [-0.25, -0.2) is 4.98 Å². The molecule has 2 aromatic carbocycles. The number of benzene rings is 2. The Hall–Kier alpha value is -2.97. The summed E-state index contributed by atoms with van der Waals surface area (Å²) in [6.07, 6.45) is 0. The van der Waals surface area contributed by atoms with Gasteiger partial charge >= 0.3 is 0 Å². The zero-order chi connectivity index (χ0) is 19.4. The maximum Gasteiger partial charge on any atom is 0.288 e. The molecule has 1 heterocycles. The summed E-state index contributed by atoms with van der Waals surface area (Å²) in [7, 11) is 0. The number of amides is 1. The van der Waals surface area contributed by atoms with E-state index in [1.54, 1.807) is 5.38 Å². The Kier molecular flexibility index (Phi) is 5.68. The number of nitro groups is 1. The number of aromatic nitrogens is 1. The number of rotatable bonds is 6. The van der Waals surface area contributed by atoms with Crippen LogP contribution in [0.15, 0.2) is 47.8 Å². The number of nitrogens with zero attached hydrogens (tertiary/aromatic N) is 2. The van der Waals surface area contributed by atoms with Crippen molar-refractivity contribution in [1.82, 2.24) is 4.98 Å². The van der Waals surface area contributed by atoms with Crippen LogP contribution in [0.4, 0.5) is 10.8 Å². The van der Waals surface area contributed by atoms with Gasteiger partial charge < -0.3 is 4.74 Å². The SMILES string of the molecule is CCOc1ccccc1-c1csc(NC(=O)c2ccc(Cl)c([N+](=O)[O-])c2)n1. The number of carbonyl (C=O) groups is 1. The summed E-state index contributed by atoms with van der Waals surface area (Å²) >= 11 is 7.02. The molecule has 0 atom stereocenters. The van der Waals surface area contributed by atoms with Gasteiger partial charge in [0.25, 0.3) is 11.6 Å². The predicted octanol–water partition coefficient (Wildman–Crippen LogP) is 5.02. The topological polar surface area (TPSA) is 94.4 Å². The molecule has 0 aliphatic carbocycles. The molecule has 7 nitrogen and oxygen atoms in total. The highest BCUT2D eigenvalue weighted by atomic mass is 35.5. The van der Waals surface area contributed by atoms with Gasteiger partial charge in [-0.05, 0) is 31.2 Å². The lowest BCUT2D eigenvalue weighted by Gasteiger charge is -2.07. The number of carbonyl (C=O) groups excluding carboxylic acids is 1. The second-order valence-corrected chi connectivity index (χ2v) is 6.61. The van der Waals surface area contributed by atoms with Crippen LogP contribution < -0.4 is 10.1 Å². The lowest BCUT2D eigenvalue weighted by Crippen LogP contribution is -2.12. The van der Waals surface area contributed by atoms with Gasteiger partial charge in [-0.1, -0.05) is 23.7 Å². The van der Waals surface area contributed by atoms with Gasteiger partial charge in [0, 0.05) is 22.6 Å². The van der Waals surface area contributed by atoms with Crippen LogP contribution in [0, 0.1) is 10.1 Å². The van der Waals surface area contributed by atoms with Crippen molar-refractivity contribution in [3.63, 3.8) is 0 Å². The van der Waals surface area contributed by atoms with E-state index in [1.807, 2.05) is 31.2 Å². The van der Waals surface area contributed by atoms with E-state index in [9.17, 15) is 14.9 Å². The fourth-order valence-electron chi connectivity index (χ4n) is 2.38. The number of thiazole rings is 1. The molecule has 138 valence electrons. The van der Waals surface area contributed by atoms with Crippen molar-refractivity contribution in [3.05, 3.63) is 68.5 Å².